The average Bonchev–Trinajstić information content (AvgIpc) is 2.19. The summed E-state index contributed by atoms with van der Waals surface area (Å²) in [6.07, 6.45) is 0. The predicted molar refractivity (Wildman–Crippen MR) is 53.2 cm³/mol. The Morgan fingerprint density at radius 2 is 1.92 bits per heavy atom. The van der Waals surface area contributed by atoms with E-state index >= 15 is 0 Å². The van der Waals surface area contributed by atoms with Gasteiger partial charge < -0.3 is 5.11 Å². The molecule has 1 N–H and O–H groups in total. The Morgan fingerprint density at radius 3 is 2.46 bits per heavy atom. The molecule has 0 aromatic heterocycles. The molecule has 0 aliphatic heterocycles. The summed E-state index contributed by atoms with van der Waals surface area (Å²) in [5, 5.41) is 9.38. The van der Waals surface area contributed by atoms with Gasteiger partial charge in [-0.2, -0.15) is 0 Å². The predicted octanol–water partition coefficient (Wildman–Crippen LogP) is 2.18. The summed E-state index contributed by atoms with van der Waals surface area (Å²) in [6.45, 7) is 5.75. The summed E-state index contributed by atoms with van der Waals surface area (Å²) in [7, 11) is 0. The lowest BCUT2D eigenvalue weighted by molar-refractivity contribution is 0.469. The van der Waals surface area contributed by atoms with Crippen molar-refractivity contribution in [2.24, 2.45) is 0 Å². The molecule has 0 aliphatic carbocycles. The fourth-order valence-electron chi connectivity index (χ4n) is 1.13. The Bertz CT molecular complexity index is 367. The third-order valence-electron chi connectivity index (χ3n) is 2.09. The summed E-state index contributed by atoms with van der Waals surface area (Å²) in [5.41, 5.74) is 1.26. The maximum absolute atomic E-state index is 11.3. The van der Waals surface area contributed by atoms with Crippen LogP contribution in [-0.4, -0.2) is 5.11 Å². The van der Waals surface area contributed by atoms with Crippen molar-refractivity contribution in [1.29, 1.82) is 0 Å². The van der Waals surface area contributed by atoms with Crippen LogP contribution in [0.1, 0.15) is 30.9 Å². The van der Waals surface area contributed by atoms with Crippen LogP contribution in [0, 0.1) is 6.92 Å². The summed E-state index contributed by atoms with van der Waals surface area (Å²) >= 11 is 0. The van der Waals surface area contributed by atoms with E-state index in [-0.39, 0.29) is 11.2 Å². The van der Waals surface area contributed by atoms with Crippen LogP contribution in [0.5, 0.6) is 5.75 Å². The van der Waals surface area contributed by atoms with Gasteiger partial charge in [0.1, 0.15) is 0 Å². The van der Waals surface area contributed by atoms with Gasteiger partial charge in [0.15, 0.2) is 5.75 Å². The van der Waals surface area contributed by atoms with Gasteiger partial charge in [0.05, 0.1) is 0 Å². The molecule has 0 atom stereocenters. The smallest absolute Gasteiger partial charge is 0.223 e. The molecule has 13 heavy (non-hydrogen) atoms. The van der Waals surface area contributed by atoms with Crippen LogP contribution in [0.25, 0.3) is 0 Å². The van der Waals surface area contributed by atoms with E-state index in [0.717, 1.165) is 5.56 Å². The monoisotopic (exact) mass is 178 g/mol. The molecule has 0 heterocycles. The van der Waals surface area contributed by atoms with Gasteiger partial charge in [-0.15, -0.1) is 0 Å². The zero-order valence-electron chi connectivity index (χ0n) is 8.16. The molecule has 0 saturated carbocycles. The minimum Gasteiger partial charge on any atom is -0.504 e. The molecule has 0 radical (unpaired) electrons. The number of hydrogen-bond acceptors (Lipinski definition) is 2. The Balaban J connectivity index is 3.43. The lowest BCUT2D eigenvalue weighted by Crippen LogP contribution is -1.99. The molecule has 1 aromatic rings. The van der Waals surface area contributed by atoms with Gasteiger partial charge in [-0.05, 0) is 24.5 Å². The second kappa shape index (κ2) is 3.60. The second-order valence-corrected chi connectivity index (χ2v) is 3.53. The van der Waals surface area contributed by atoms with Crippen LogP contribution in [-0.2, 0) is 0 Å². The Labute approximate surface area is 77.9 Å². The molecular formula is C11H14O2. The summed E-state index contributed by atoms with van der Waals surface area (Å²) in [6, 6.07) is 5.17. The molecule has 0 fully saturated rings. The van der Waals surface area contributed by atoms with Crippen molar-refractivity contribution in [3.05, 3.63) is 39.5 Å². The third-order valence-corrected chi connectivity index (χ3v) is 2.09. The molecule has 0 bridgehead atoms. The number of aryl methyl sites for hydroxylation is 1. The zero-order chi connectivity index (χ0) is 10.0. The molecule has 0 amide bonds. The van der Waals surface area contributed by atoms with Crippen LogP contribution in [0.15, 0.2) is 23.0 Å². The highest BCUT2D eigenvalue weighted by atomic mass is 16.3. The summed E-state index contributed by atoms with van der Waals surface area (Å²) < 4.78 is 0. The van der Waals surface area contributed by atoms with Gasteiger partial charge in [0.25, 0.3) is 0 Å². The highest BCUT2D eigenvalue weighted by molar-refractivity contribution is 5.31. The number of aromatic hydroxyl groups is 1. The molecule has 2 heteroatoms. The molecule has 0 unspecified atom stereocenters. The lowest BCUT2D eigenvalue weighted by Gasteiger charge is -2.00. The van der Waals surface area contributed by atoms with E-state index < -0.39 is 0 Å². The molecule has 2 nitrogen and oxygen atoms in total. The topological polar surface area (TPSA) is 37.3 Å². The molecular weight excluding hydrogens is 164 g/mol. The lowest BCUT2D eigenvalue weighted by atomic mass is 10.1. The van der Waals surface area contributed by atoms with Gasteiger partial charge in [0.2, 0.25) is 5.43 Å². The fourth-order valence-corrected chi connectivity index (χ4v) is 1.13. The van der Waals surface area contributed by atoms with Crippen LogP contribution < -0.4 is 5.43 Å². The Morgan fingerprint density at radius 1 is 1.31 bits per heavy atom. The first kappa shape index (κ1) is 9.78. The van der Waals surface area contributed by atoms with Gasteiger partial charge >= 0.3 is 0 Å². The molecule has 0 spiro atoms. The van der Waals surface area contributed by atoms with E-state index in [9.17, 15) is 9.90 Å². The first-order valence-corrected chi connectivity index (χ1v) is 4.36. The maximum Gasteiger partial charge on any atom is 0.223 e. The van der Waals surface area contributed by atoms with Crippen molar-refractivity contribution >= 4 is 0 Å². The minimum absolute atomic E-state index is 0.161. The van der Waals surface area contributed by atoms with E-state index in [1.807, 2.05) is 19.9 Å². The zero-order valence-corrected chi connectivity index (χ0v) is 8.16. The number of hydrogen-bond donors (Lipinski definition) is 1. The van der Waals surface area contributed by atoms with Crippen LogP contribution in [0.2, 0.25) is 0 Å². The molecule has 0 aliphatic rings. The van der Waals surface area contributed by atoms with Gasteiger partial charge in [-0.3, -0.25) is 4.79 Å². The molecule has 0 saturated heterocycles. The van der Waals surface area contributed by atoms with Crippen molar-refractivity contribution in [3.63, 3.8) is 0 Å². The van der Waals surface area contributed by atoms with E-state index in [2.05, 4.69) is 0 Å². The highest BCUT2D eigenvalue weighted by Crippen LogP contribution is 2.15. The first-order chi connectivity index (χ1) is 6.02. The fraction of sp³-hybridized carbons (Fsp3) is 0.364. The van der Waals surface area contributed by atoms with Gasteiger partial charge in [0, 0.05) is 5.56 Å². The van der Waals surface area contributed by atoms with Crippen molar-refractivity contribution in [2.45, 2.75) is 26.7 Å². The number of rotatable bonds is 1. The van der Waals surface area contributed by atoms with Crippen molar-refractivity contribution < 1.29 is 5.11 Å². The van der Waals surface area contributed by atoms with E-state index in [4.69, 9.17) is 0 Å². The third kappa shape index (κ3) is 2.08. The molecule has 1 aromatic carbocycles. The second-order valence-electron chi connectivity index (χ2n) is 3.53. The maximum atomic E-state index is 11.3. The first-order valence-electron chi connectivity index (χ1n) is 4.36. The van der Waals surface area contributed by atoms with Crippen molar-refractivity contribution in [1.82, 2.24) is 0 Å². The Kier molecular flexibility index (Phi) is 2.71. The average molecular weight is 178 g/mol. The summed E-state index contributed by atoms with van der Waals surface area (Å²) in [4.78, 5) is 11.3. The van der Waals surface area contributed by atoms with Gasteiger partial charge in [-0.25, -0.2) is 0 Å². The minimum atomic E-state index is -0.285. The van der Waals surface area contributed by atoms with Crippen LogP contribution in [0.4, 0.5) is 0 Å². The van der Waals surface area contributed by atoms with Crippen LogP contribution in [0.3, 0.4) is 0 Å². The van der Waals surface area contributed by atoms with Gasteiger partial charge in [-0.1, -0.05) is 26.0 Å². The van der Waals surface area contributed by atoms with E-state index in [1.165, 1.54) is 0 Å². The highest BCUT2D eigenvalue weighted by Gasteiger charge is 2.02. The Hall–Kier alpha value is -1.31. The van der Waals surface area contributed by atoms with E-state index in [0.29, 0.717) is 11.5 Å². The van der Waals surface area contributed by atoms with Crippen molar-refractivity contribution in [2.75, 3.05) is 0 Å². The molecule has 1 rings (SSSR count). The normalized spacial score (nSPS) is 10.5. The summed E-state index contributed by atoms with van der Waals surface area (Å²) in [5.74, 6) is 0.156. The van der Waals surface area contributed by atoms with Crippen molar-refractivity contribution in [3.8, 4) is 5.75 Å². The largest absolute Gasteiger partial charge is 0.504 e. The van der Waals surface area contributed by atoms with E-state index in [1.54, 1.807) is 19.1 Å². The standard InChI is InChI=1S/C11H14O2/c1-7(2)9-5-4-8(3)11(13)10(12)6-9/h4-7H,1-3H3,(H,12,13). The van der Waals surface area contributed by atoms with Crippen LogP contribution >= 0.6 is 0 Å². The SMILES string of the molecule is Cc1ccc(C(C)C)cc(O)c1=O. The quantitative estimate of drug-likeness (QED) is 0.715. The molecule has 70 valence electrons.